The van der Waals surface area contributed by atoms with Gasteiger partial charge in [-0.3, -0.25) is 9.78 Å². The Morgan fingerprint density at radius 3 is 2.67 bits per heavy atom. The molecule has 2 N–H and O–H groups in total. The minimum Gasteiger partial charge on any atom is -0.361 e. The average Bonchev–Trinajstić information content (AvgIpc) is 3.11. The average molecular weight is 313 g/mol. The molecule has 2 aromatic heterocycles. The summed E-state index contributed by atoms with van der Waals surface area (Å²) in [6, 6.07) is 19.5. The van der Waals surface area contributed by atoms with Gasteiger partial charge >= 0.3 is 0 Å². The Morgan fingerprint density at radius 2 is 1.79 bits per heavy atom. The van der Waals surface area contributed by atoms with Gasteiger partial charge in [-0.15, -0.1) is 0 Å². The van der Waals surface area contributed by atoms with Gasteiger partial charge in [0.1, 0.15) is 0 Å². The number of fused-ring (bicyclic) bond motifs is 1. The van der Waals surface area contributed by atoms with E-state index in [0.717, 1.165) is 27.7 Å². The number of hydrogen-bond acceptors (Lipinski definition) is 2. The van der Waals surface area contributed by atoms with Crippen molar-refractivity contribution in [2.45, 2.75) is 0 Å². The van der Waals surface area contributed by atoms with E-state index in [1.807, 2.05) is 42.6 Å². The van der Waals surface area contributed by atoms with Gasteiger partial charge in [-0.25, -0.2) is 0 Å². The summed E-state index contributed by atoms with van der Waals surface area (Å²) >= 11 is 0. The van der Waals surface area contributed by atoms with Crippen molar-refractivity contribution in [1.29, 1.82) is 0 Å². The molecular formula is C20H15N3O. The molecule has 0 spiro atoms. The van der Waals surface area contributed by atoms with Crippen LogP contribution in [0.4, 0.5) is 5.69 Å². The standard InChI is InChI=1S/C20H15N3O/c24-20(14-7-10-21-11-8-14)23-16-4-1-3-15(13-16)17-5-2-6-19-18(17)9-12-22-19/h1-13,22H,(H,23,24). The molecule has 4 nitrogen and oxygen atoms in total. The van der Waals surface area contributed by atoms with Crippen molar-refractivity contribution in [3.05, 3.63) is 84.8 Å². The summed E-state index contributed by atoms with van der Waals surface area (Å²) < 4.78 is 0. The minimum absolute atomic E-state index is 0.144. The lowest BCUT2D eigenvalue weighted by Gasteiger charge is -2.09. The Kier molecular flexibility index (Phi) is 3.56. The van der Waals surface area contributed by atoms with E-state index in [-0.39, 0.29) is 5.91 Å². The highest BCUT2D eigenvalue weighted by atomic mass is 16.1. The molecule has 4 aromatic rings. The Morgan fingerprint density at radius 1 is 0.958 bits per heavy atom. The van der Waals surface area contributed by atoms with E-state index in [9.17, 15) is 4.79 Å². The zero-order valence-electron chi connectivity index (χ0n) is 12.9. The van der Waals surface area contributed by atoms with Crippen molar-refractivity contribution in [2.75, 3.05) is 5.32 Å². The van der Waals surface area contributed by atoms with Gasteiger partial charge in [0.05, 0.1) is 0 Å². The van der Waals surface area contributed by atoms with Crippen LogP contribution in [0.15, 0.2) is 79.3 Å². The maximum atomic E-state index is 12.3. The summed E-state index contributed by atoms with van der Waals surface area (Å²) in [4.78, 5) is 19.4. The van der Waals surface area contributed by atoms with Crippen LogP contribution in [-0.2, 0) is 0 Å². The number of H-pyrrole nitrogens is 1. The van der Waals surface area contributed by atoms with Crippen LogP contribution < -0.4 is 5.32 Å². The number of nitrogens with one attached hydrogen (secondary N) is 2. The molecule has 0 aliphatic heterocycles. The largest absolute Gasteiger partial charge is 0.361 e. The Bertz CT molecular complexity index is 1010. The fourth-order valence-corrected chi connectivity index (χ4v) is 2.81. The molecule has 0 aliphatic rings. The van der Waals surface area contributed by atoms with Crippen LogP contribution in [-0.4, -0.2) is 15.9 Å². The summed E-state index contributed by atoms with van der Waals surface area (Å²) in [6.07, 6.45) is 5.15. The molecule has 116 valence electrons. The molecule has 0 bridgehead atoms. The number of pyridine rings is 1. The molecule has 0 unspecified atom stereocenters. The highest BCUT2D eigenvalue weighted by molar-refractivity contribution is 6.04. The molecule has 0 saturated heterocycles. The number of benzene rings is 2. The maximum absolute atomic E-state index is 12.3. The number of rotatable bonds is 3. The zero-order chi connectivity index (χ0) is 16.4. The van der Waals surface area contributed by atoms with Gasteiger partial charge in [-0.2, -0.15) is 0 Å². The molecule has 0 fully saturated rings. The second kappa shape index (κ2) is 6.01. The van der Waals surface area contributed by atoms with E-state index in [1.165, 1.54) is 0 Å². The minimum atomic E-state index is -0.144. The zero-order valence-corrected chi connectivity index (χ0v) is 12.9. The number of anilines is 1. The van der Waals surface area contributed by atoms with E-state index in [0.29, 0.717) is 5.56 Å². The summed E-state index contributed by atoms with van der Waals surface area (Å²) in [7, 11) is 0. The second-order valence-corrected chi connectivity index (χ2v) is 5.52. The number of hydrogen-bond donors (Lipinski definition) is 2. The smallest absolute Gasteiger partial charge is 0.255 e. The van der Waals surface area contributed by atoms with Crippen LogP contribution >= 0.6 is 0 Å². The van der Waals surface area contributed by atoms with Gasteiger partial charge < -0.3 is 10.3 Å². The molecule has 2 aromatic carbocycles. The lowest BCUT2D eigenvalue weighted by Crippen LogP contribution is -2.11. The number of nitrogens with zero attached hydrogens (tertiary/aromatic N) is 1. The summed E-state index contributed by atoms with van der Waals surface area (Å²) in [5.74, 6) is -0.144. The first-order valence-electron chi connectivity index (χ1n) is 7.69. The molecule has 24 heavy (non-hydrogen) atoms. The fraction of sp³-hybridized carbons (Fsp3) is 0. The highest BCUT2D eigenvalue weighted by Gasteiger charge is 2.08. The van der Waals surface area contributed by atoms with Gasteiger partial charge in [0.2, 0.25) is 0 Å². The van der Waals surface area contributed by atoms with Crippen molar-refractivity contribution < 1.29 is 4.79 Å². The van der Waals surface area contributed by atoms with Crippen molar-refractivity contribution in [3.63, 3.8) is 0 Å². The van der Waals surface area contributed by atoms with Crippen LogP contribution in [0.1, 0.15) is 10.4 Å². The molecule has 4 rings (SSSR count). The van der Waals surface area contributed by atoms with Crippen LogP contribution in [0.3, 0.4) is 0 Å². The van der Waals surface area contributed by atoms with Crippen molar-refractivity contribution >= 4 is 22.5 Å². The van der Waals surface area contributed by atoms with Crippen LogP contribution in [0.25, 0.3) is 22.0 Å². The van der Waals surface area contributed by atoms with E-state index >= 15 is 0 Å². The fourth-order valence-electron chi connectivity index (χ4n) is 2.81. The third kappa shape index (κ3) is 2.65. The van der Waals surface area contributed by atoms with Gasteiger partial charge in [0.15, 0.2) is 0 Å². The van der Waals surface area contributed by atoms with E-state index in [1.54, 1.807) is 24.5 Å². The number of carbonyl (C=O) groups is 1. The molecule has 1 amide bonds. The molecule has 0 saturated carbocycles. The topological polar surface area (TPSA) is 57.8 Å². The quantitative estimate of drug-likeness (QED) is 0.586. The lowest BCUT2D eigenvalue weighted by molar-refractivity contribution is 0.102. The van der Waals surface area contributed by atoms with Gasteiger partial charge in [0.25, 0.3) is 5.91 Å². The van der Waals surface area contributed by atoms with Crippen molar-refractivity contribution in [1.82, 2.24) is 9.97 Å². The molecule has 2 heterocycles. The first-order valence-corrected chi connectivity index (χ1v) is 7.69. The Labute approximate surface area is 139 Å². The van der Waals surface area contributed by atoms with Crippen LogP contribution in [0.5, 0.6) is 0 Å². The normalized spacial score (nSPS) is 10.7. The predicted molar refractivity (Wildman–Crippen MR) is 95.9 cm³/mol. The van der Waals surface area contributed by atoms with Gasteiger partial charge in [-0.05, 0) is 47.5 Å². The number of aromatic nitrogens is 2. The molecular weight excluding hydrogens is 298 g/mol. The molecule has 0 radical (unpaired) electrons. The highest BCUT2D eigenvalue weighted by Crippen LogP contribution is 2.29. The van der Waals surface area contributed by atoms with Gasteiger partial charge in [0, 0.05) is 40.7 Å². The second-order valence-electron chi connectivity index (χ2n) is 5.52. The third-order valence-corrected chi connectivity index (χ3v) is 3.97. The molecule has 0 atom stereocenters. The Hall–Kier alpha value is -3.40. The van der Waals surface area contributed by atoms with Crippen molar-refractivity contribution in [3.8, 4) is 11.1 Å². The summed E-state index contributed by atoms with van der Waals surface area (Å²) in [6.45, 7) is 0. The lowest BCUT2D eigenvalue weighted by atomic mass is 10.0. The first-order chi connectivity index (χ1) is 11.8. The number of carbonyl (C=O) groups excluding carboxylic acids is 1. The van der Waals surface area contributed by atoms with Crippen LogP contribution in [0, 0.1) is 0 Å². The Balaban J connectivity index is 1.67. The monoisotopic (exact) mass is 313 g/mol. The number of amides is 1. The molecule has 4 heteroatoms. The predicted octanol–water partition coefficient (Wildman–Crippen LogP) is 4.48. The maximum Gasteiger partial charge on any atom is 0.255 e. The van der Waals surface area contributed by atoms with Crippen molar-refractivity contribution in [2.24, 2.45) is 0 Å². The summed E-state index contributed by atoms with van der Waals surface area (Å²) in [5, 5.41) is 4.10. The van der Waals surface area contributed by atoms with E-state index < -0.39 is 0 Å². The van der Waals surface area contributed by atoms with E-state index in [2.05, 4.69) is 27.4 Å². The van der Waals surface area contributed by atoms with Crippen LogP contribution in [0.2, 0.25) is 0 Å². The third-order valence-electron chi connectivity index (χ3n) is 3.97. The summed E-state index contributed by atoms with van der Waals surface area (Å²) in [5.41, 5.74) is 4.64. The van der Waals surface area contributed by atoms with E-state index in [4.69, 9.17) is 0 Å². The number of aromatic amines is 1. The van der Waals surface area contributed by atoms with Gasteiger partial charge in [-0.1, -0.05) is 24.3 Å². The molecule has 0 aliphatic carbocycles. The first kappa shape index (κ1) is 14.2. The SMILES string of the molecule is O=C(Nc1cccc(-c2cccc3[nH]ccc23)c1)c1ccncc1.